The molecular formula is C31H32ClN3O4S. The van der Waals surface area contributed by atoms with E-state index in [0.29, 0.717) is 17.1 Å². The molecule has 2 amide bonds. The molecule has 208 valence electrons. The van der Waals surface area contributed by atoms with E-state index < -0.39 is 28.5 Å². The monoisotopic (exact) mass is 577 g/mol. The Labute approximate surface area is 240 Å². The van der Waals surface area contributed by atoms with Gasteiger partial charge in [-0.15, -0.1) is 0 Å². The summed E-state index contributed by atoms with van der Waals surface area (Å²) in [4.78, 5) is 28.7. The van der Waals surface area contributed by atoms with Crippen molar-refractivity contribution in [3.05, 3.63) is 113 Å². The third kappa shape index (κ3) is 6.88. The molecule has 0 heterocycles. The molecule has 0 fully saturated rings. The molecular weight excluding hydrogens is 546 g/mol. The van der Waals surface area contributed by atoms with Gasteiger partial charge in [0.25, 0.3) is 0 Å². The van der Waals surface area contributed by atoms with Crippen molar-refractivity contribution in [2.24, 2.45) is 0 Å². The van der Waals surface area contributed by atoms with Crippen LogP contribution in [0.5, 0.6) is 0 Å². The summed E-state index contributed by atoms with van der Waals surface area (Å²) in [5.41, 5.74) is 1.52. The third-order valence-electron chi connectivity index (χ3n) is 6.71. The quantitative estimate of drug-likeness (QED) is 0.275. The number of benzene rings is 4. The van der Waals surface area contributed by atoms with Crippen molar-refractivity contribution in [3.8, 4) is 0 Å². The summed E-state index contributed by atoms with van der Waals surface area (Å²) in [7, 11) is -2.63. The predicted octanol–water partition coefficient (Wildman–Crippen LogP) is 4.89. The molecule has 0 aliphatic heterocycles. The van der Waals surface area contributed by atoms with E-state index in [0.717, 1.165) is 20.6 Å². The maximum Gasteiger partial charge on any atom is 0.243 e. The SMILES string of the molecule is CCNC(=O)[C@H](Cc1ccccc1)N(Cc1ccccc1Cl)C(=O)CN(C)S(=O)(=O)c1ccc2ccccc2c1. The number of hydrogen-bond donors (Lipinski definition) is 1. The van der Waals surface area contributed by atoms with Crippen molar-refractivity contribution >= 4 is 44.2 Å². The van der Waals surface area contributed by atoms with Crippen LogP contribution in [-0.2, 0) is 32.6 Å². The fourth-order valence-electron chi connectivity index (χ4n) is 4.53. The van der Waals surface area contributed by atoms with E-state index in [1.165, 1.54) is 18.0 Å². The molecule has 0 aliphatic rings. The van der Waals surface area contributed by atoms with Crippen LogP contribution in [0.4, 0.5) is 0 Å². The summed E-state index contributed by atoms with van der Waals surface area (Å²) in [6.45, 7) is 1.78. The molecule has 40 heavy (non-hydrogen) atoms. The molecule has 0 bridgehead atoms. The van der Waals surface area contributed by atoms with Crippen molar-refractivity contribution in [1.82, 2.24) is 14.5 Å². The summed E-state index contributed by atoms with van der Waals surface area (Å²) < 4.78 is 28.0. The Morgan fingerprint density at radius 1 is 0.875 bits per heavy atom. The first-order valence-corrected chi connectivity index (χ1v) is 14.8. The smallest absolute Gasteiger partial charge is 0.243 e. The third-order valence-corrected chi connectivity index (χ3v) is 8.88. The average Bonchev–Trinajstić information content (AvgIpc) is 2.96. The molecule has 1 N–H and O–H groups in total. The zero-order valence-corrected chi connectivity index (χ0v) is 24.0. The lowest BCUT2D eigenvalue weighted by Gasteiger charge is -2.32. The van der Waals surface area contributed by atoms with E-state index in [4.69, 9.17) is 11.6 Å². The Balaban J connectivity index is 1.67. The van der Waals surface area contributed by atoms with Gasteiger partial charge in [0.1, 0.15) is 6.04 Å². The number of halogens is 1. The number of likely N-dealkylation sites (N-methyl/N-ethyl adjacent to an activating group) is 2. The minimum absolute atomic E-state index is 0.0387. The summed E-state index contributed by atoms with van der Waals surface area (Å²) in [5, 5.41) is 4.98. The number of sulfonamides is 1. The molecule has 7 nitrogen and oxygen atoms in total. The molecule has 0 aliphatic carbocycles. The summed E-state index contributed by atoms with van der Waals surface area (Å²) in [5.74, 6) is -0.842. The Kier molecular flexibility index (Phi) is 9.58. The molecule has 1 atom stereocenters. The van der Waals surface area contributed by atoms with Gasteiger partial charge in [0.15, 0.2) is 0 Å². The van der Waals surface area contributed by atoms with Crippen molar-refractivity contribution in [2.45, 2.75) is 30.8 Å². The minimum atomic E-state index is -4.00. The van der Waals surface area contributed by atoms with Crippen LogP contribution in [-0.4, -0.2) is 55.6 Å². The zero-order chi connectivity index (χ0) is 28.7. The van der Waals surface area contributed by atoms with Crippen LogP contribution >= 0.6 is 11.6 Å². The maximum absolute atomic E-state index is 13.9. The molecule has 0 saturated heterocycles. The number of fused-ring (bicyclic) bond motifs is 1. The first-order valence-electron chi connectivity index (χ1n) is 13.0. The average molecular weight is 578 g/mol. The van der Waals surface area contributed by atoms with E-state index >= 15 is 0 Å². The van der Waals surface area contributed by atoms with Gasteiger partial charge in [0.05, 0.1) is 11.4 Å². The Morgan fingerprint density at radius 2 is 1.52 bits per heavy atom. The largest absolute Gasteiger partial charge is 0.355 e. The molecule has 0 radical (unpaired) electrons. The number of carbonyl (C=O) groups excluding carboxylic acids is 2. The summed E-state index contributed by atoms with van der Waals surface area (Å²) in [6, 6.07) is 27.9. The fraction of sp³-hybridized carbons (Fsp3) is 0.226. The van der Waals surface area contributed by atoms with Gasteiger partial charge in [0, 0.05) is 31.6 Å². The van der Waals surface area contributed by atoms with Gasteiger partial charge in [-0.2, -0.15) is 4.31 Å². The second kappa shape index (κ2) is 13.1. The highest BCUT2D eigenvalue weighted by atomic mass is 35.5. The second-order valence-corrected chi connectivity index (χ2v) is 11.9. The number of nitrogens with zero attached hydrogens (tertiary/aromatic N) is 2. The topological polar surface area (TPSA) is 86.8 Å². The highest BCUT2D eigenvalue weighted by Crippen LogP contribution is 2.23. The Hall–Kier alpha value is -3.72. The van der Waals surface area contributed by atoms with Crippen LogP contribution in [0.15, 0.2) is 102 Å². The molecule has 0 aromatic heterocycles. The van der Waals surface area contributed by atoms with Crippen molar-refractivity contribution in [3.63, 3.8) is 0 Å². The number of hydrogen-bond acceptors (Lipinski definition) is 4. The number of amides is 2. The molecule has 9 heteroatoms. The van der Waals surface area contributed by atoms with Crippen LogP contribution in [0.25, 0.3) is 10.8 Å². The number of rotatable bonds is 11. The second-order valence-electron chi connectivity index (χ2n) is 9.48. The number of nitrogens with one attached hydrogen (secondary N) is 1. The Bertz CT molecular complexity index is 1590. The van der Waals surface area contributed by atoms with Crippen molar-refractivity contribution in [2.75, 3.05) is 20.1 Å². The van der Waals surface area contributed by atoms with Crippen LogP contribution in [0, 0.1) is 0 Å². The van der Waals surface area contributed by atoms with Gasteiger partial charge in [-0.1, -0.05) is 90.5 Å². The summed E-state index contributed by atoms with van der Waals surface area (Å²) in [6.07, 6.45) is 0.254. The Morgan fingerprint density at radius 3 is 2.23 bits per heavy atom. The van der Waals surface area contributed by atoms with E-state index in [1.54, 1.807) is 36.4 Å². The van der Waals surface area contributed by atoms with Crippen LogP contribution in [0.2, 0.25) is 5.02 Å². The van der Waals surface area contributed by atoms with Crippen molar-refractivity contribution < 1.29 is 18.0 Å². The van der Waals surface area contributed by atoms with Gasteiger partial charge < -0.3 is 10.2 Å². The molecule has 4 aromatic carbocycles. The number of carbonyl (C=O) groups is 2. The van der Waals surface area contributed by atoms with Crippen molar-refractivity contribution in [1.29, 1.82) is 0 Å². The van der Waals surface area contributed by atoms with E-state index in [2.05, 4.69) is 5.32 Å². The fourth-order valence-corrected chi connectivity index (χ4v) is 5.88. The molecule has 0 unspecified atom stereocenters. The van der Waals surface area contributed by atoms with Gasteiger partial charge in [0.2, 0.25) is 21.8 Å². The lowest BCUT2D eigenvalue weighted by atomic mass is 10.0. The highest BCUT2D eigenvalue weighted by molar-refractivity contribution is 7.89. The van der Waals surface area contributed by atoms with Crippen LogP contribution in [0.1, 0.15) is 18.1 Å². The predicted molar refractivity (Wildman–Crippen MR) is 158 cm³/mol. The molecule has 4 aromatic rings. The van der Waals surface area contributed by atoms with E-state index in [-0.39, 0.29) is 23.8 Å². The van der Waals surface area contributed by atoms with E-state index in [9.17, 15) is 18.0 Å². The first kappa shape index (κ1) is 29.3. The van der Waals surface area contributed by atoms with Gasteiger partial charge in [-0.3, -0.25) is 9.59 Å². The zero-order valence-electron chi connectivity index (χ0n) is 22.5. The lowest BCUT2D eigenvalue weighted by molar-refractivity contribution is -0.141. The van der Waals surface area contributed by atoms with Gasteiger partial charge in [-0.25, -0.2) is 8.42 Å². The summed E-state index contributed by atoms with van der Waals surface area (Å²) >= 11 is 6.44. The van der Waals surface area contributed by atoms with E-state index in [1.807, 2.05) is 61.5 Å². The molecule has 4 rings (SSSR count). The molecule has 0 spiro atoms. The normalized spacial score (nSPS) is 12.3. The highest BCUT2D eigenvalue weighted by Gasteiger charge is 2.33. The maximum atomic E-state index is 13.9. The standard InChI is InChI=1S/C31H32ClN3O4S/c1-3-33-31(37)29(19-23-11-5-4-6-12-23)35(21-26-15-9-10-16-28(26)32)30(36)22-34(2)40(38,39)27-18-17-24-13-7-8-14-25(24)20-27/h4-18,20,29H,3,19,21-22H2,1-2H3,(H,33,37)/t29-/m0/s1. The molecule has 0 saturated carbocycles. The minimum Gasteiger partial charge on any atom is -0.355 e. The first-order chi connectivity index (χ1) is 19.2. The van der Waals surface area contributed by atoms with Crippen LogP contribution in [0.3, 0.4) is 0 Å². The lowest BCUT2D eigenvalue weighted by Crippen LogP contribution is -2.53. The van der Waals surface area contributed by atoms with Gasteiger partial charge >= 0.3 is 0 Å². The van der Waals surface area contributed by atoms with Crippen LogP contribution < -0.4 is 5.32 Å². The van der Waals surface area contributed by atoms with Gasteiger partial charge in [-0.05, 0) is 47.0 Å².